The number of halogens is 3. The minimum atomic E-state index is -4.36. The fraction of sp³-hybridized carbons (Fsp3) is 0.500. The molecule has 0 N–H and O–H groups in total. The molecule has 1 unspecified atom stereocenters. The second-order valence-corrected chi connectivity index (χ2v) is 6.89. The van der Waals surface area contributed by atoms with Crippen molar-refractivity contribution in [2.45, 2.75) is 25.3 Å². The summed E-state index contributed by atoms with van der Waals surface area (Å²) in [5.41, 5.74) is 0.929. The number of hydrogen-bond acceptors (Lipinski definition) is 5. The fourth-order valence-corrected chi connectivity index (χ4v) is 3.64. The predicted molar refractivity (Wildman–Crippen MR) is 93.1 cm³/mol. The average Bonchev–Trinajstić information content (AvgIpc) is 3.10. The summed E-state index contributed by atoms with van der Waals surface area (Å²) >= 11 is 0. The summed E-state index contributed by atoms with van der Waals surface area (Å²) in [6.45, 7) is 0.218. The van der Waals surface area contributed by atoms with Gasteiger partial charge in [0.05, 0.1) is 26.3 Å². The second kappa shape index (κ2) is 7.51. The van der Waals surface area contributed by atoms with E-state index in [0.717, 1.165) is 16.3 Å². The van der Waals surface area contributed by atoms with Gasteiger partial charge < -0.3 is 14.2 Å². The molecule has 0 spiro atoms. The summed E-state index contributed by atoms with van der Waals surface area (Å²) in [6.07, 6.45) is -4.36. The van der Waals surface area contributed by atoms with Crippen molar-refractivity contribution in [2.75, 3.05) is 32.8 Å². The summed E-state index contributed by atoms with van der Waals surface area (Å²) in [5, 5.41) is 8.41. The Bertz CT molecular complexity index is 839. The van der Waals surface area contributed by atoms with Crippen molar-refractivity contribution in [3.8, 4) is 11.4 Å². The standard InChI is InChI=1S/C18H20F3N5O2/c19-18(20,21)12-25-8-9-28-11-14(25)17(27)24-6-7-26-15(10-24)22-23-16(26)13-4-2-1-3-5-13/h1-5,14H,6-12H2. The van der Waals surface area contributed by atoms with Crippen LogP contribution in [-0.2, 0) is 22.6 Å². The normalized spacial score (nSPS) is 20.8. The monoisotopic (exact) mass is 395 g/mol. The Morgan fingerprint density at radius 3 is 2.68 bits per heavy atom. The highest BCUT2D eigenvalue weighted by Gasteiger charge is 2.40. The van der Waals surface area contributed by atoms with Gasteiger partial charge in [0.1, 0.15) is 6.04 Å². The van der Waals surface area contributed by atoms with Gasteiger partial charge in [-0.2, -0.15) is 13.2 Å². The molecule has 4 rings (SSSR count). The van der Waals surface area contributed by atoms with E-state index in [0.29, 0.717) is 18.9 Å². The summed E-state index contributed by atoms with van der Waals surface area (Å²) in [5.74, 6) is 0.986. The van der Waals surface area contributed by atoms with E-state index >= 15 is 0 Å². The van der Waals surface area contributed by atoms with Crippen LogP contribution >= 0.6 is 0 Å². The zero-order valence-corrected chi connectivity index (χ0v) is 15.1. The summed E-state index contributed by atoms with van der Waals surface area (Å²) in [6, 6.07) is 8.67. The van der Waals surface area contributed by atoms with Gasteiger partial charge in [-0.1, -0.05) is 30.3 Å². The minimum Gasteiger partial charge on any atom is -0.378 e. The summed E-state index contributed by atoms with van der Waals surface area (Å²) in [4.78, 5) is 15.6. The Morgan fingerprint density at radius 2 is 1.93 bits per heavy atom. The van der Waals surface area contributed by atoms with Crippen LogP contribution in [0.2, 0.25) is 0 Å². The highest BCUT2D eigenvalue weighted by atomic mass is 19.4. The van der Waals surface area contributed by atoms with E-state index in [1.54, 1.807) is 4.90 Å². The molecule has 1 atom stereocenters. The topological polar surface area (TPSA) is 63.5 Å². The van der Waals surface area contributed by atoms with Crippen LogP contribution in [0.25, 0.3) is 11.4 Å². The zero-order chi connectivity index (χ0) is 19.7. The Hall–Kier alpha value is -2.46. The molecular weight excluding hydrogens is 375 g/mol. The van der Waals surface area contributed by atoms with Gasteiger partial charge in [-0.05, 0) is 0 Å². The average molecular weight is 395 g/mol. The van der Waals surface area contributed by atoms with Crippen LogP contribution in [0, 0.1) is 0 Å². The van der Waals surface area contributed by atoms with Gasteiger partial charge in [0, 0.05) is 25.2 Å². The number of carbonyl (C=O) groups is 1. The van der Waals surface area contributed by atoms with Gasteiger partial charge in [0.15, 0.2) is 11.6 Å². The molecule has 10 heteroatoms. The maximum absolute atomic E-state index is 12.9. The summed E-state index contributed by atoms with van der Waals surface area (Å²) in [7, 11) is 0. The van der Waals surface area contributed by atoms with Crippen molar-refractivity contribution >= 4 is 5.91 Å². The molecule has 1 fully saturated rings. The number of aromatic nitrogens is 3. The maximum atomic E-state index is 12.9. The number of fused-ring (bicyclic) bond motifs is 1. The molecular formula is C18H20F3N5O2. The third-order valence-corrected chi connectivity index (χ3v) is 5.00. The van der Waals surface area contributed by atoms with E-state index in [-0.39, 0.29) is 32.2 Å². The number of hydrogen-bond donors (Lipinski definition) is 0. The second-order valence-electron chi connectivity index (χ2n) is 6.89. The van der Waals surface area contributed by atoms with Crippen molar-refractivity contribution in [3.05, 3.63) is 36.2 Å². The van der Waals surface area contributed by atoms with Crippen molar-refractivity contribution < 1.29 is 22.7 Å². The van der Waals surface area contributed by atoms with Crippen LogP contribution in [-0.4, -0.2) is 75.5 Å². The highest BCUT2D eigenvalue weighted by Crippen LogP contribution is 2.24. The fourth-order valence-electron chi connectivity index (χ4n) is 3.64. The lowest BCUT2D eigenvalue weighted by molar-refractivity contribution is -0.171. The first-order valence-corrected chi connectivity index (χ1v) is 9.07. The lowest BCUT2D eigenvalue weighted by Gasteiger charge is -2.38. The number of carbonyl (C=O) groups excluding carboxylic acids is 1. The molecule has 0 aliphatic carbocycles. The molecule has 1 aromatic carbocycles. The van der Waals surface area contributed by atoms with Crippen molar-refractivity contribution in [3.63, 3.8) is 0 Å². The first kappa shape index (κ1) is 18.9. The Morgan fingerprint density at radius 1 is 1.14 bits per heavy atom. The van der Waals surface area contributed by atoms with Crippen LogP contribution < -0.4 is 0 Å². The van der Waals surface area contributed by atoms with Crippen LogP contribution in [0.1, 0.15) is 5.82 Å². The van der Waals surface area contributed by atoms with Gasteiger partial charge in [-0.3, -0.25) is 9.69 Å². The molecule has 7 nitrogen and oxygen atoms in total. The van der Waals surface area contributed by atoms with E-state index in [2.05, 4.69) is 10.2 Å². The van der Waals surface area contributed by atoms with Crippen LogP contribution in [0.3, 0.4) is 0 Å². The number of rotatable bonds is 3. The maximum Gasteiger partial charge on any atom is 0.401 e. The molecule has 0 saturated carbocycles. The molecule has 1 aromatic heterocycles. The van der Waals surface area contributed by atoms with E-state index in [1.165, 1.54) is 0 Å². The Kier molecular flexibility index (Phi) is 5.07. The third-order valence-electron chi connectivity index (χ3n) is 5.00. The van der Waals surface area contributed by atoms with Gasteiger partial charge in [-0.25, -0.2) is 0 Å². The summed E-state index contributed by atoms with van der Waals surface area (Å²) < 4.78 is 45.8. The Labute approximate surface area is 159 Å². The Balaban J connectivity index is 1.49. The van der Waals surface area contributed by atoms with Gasteiger partial charge >= 0.3 is 6.18 Å². The molecule has 0 radical (unpaired) electrons. The molecule has 2 aliphatic rings. The van der Waals surface area contributed by atoms with Crippen LogP contribution in [0.5, 0.6) is 0 Å². The van der Waals surface area contributed by atoms with Crippen molar-refractivity contribution in [1.82, 2.24) is 24.6 Å². The van der Waals surface area contributed by atoms with Crippen LogP contribution in [0.15, 0.2) is 30.3 Å². The van der Waals surface area contributed by atoms with Crippen molar-refractivity contribution in [2.24, 2.45) is 0 Å². The number of benzene rings is 1. The van der Waals surface area contributed by atoms with Gasteiger partial charge in [-0.15, -0.1) is 10.2 Å². The van der Waals surface area contributed by atoms with E-state index in [1.807, 2.05) is 34.9 Å². The molecule has 3 heterocycles. The van der Waals surface area contributed by atoms with E-state index in [9.17, 15) is 18.0 Å². The largest absolute Gasteiger partial charge is 0.401 e. The molecule has 1 amide bonds. The lowest BCUT2D eigenvalue weighted by Crippen LogP contribution is -2.57. The lowest BCUT2D eigenvalue weighted by atomic mass is 10.1. The number of nitrogens with zero attached hydrogens (tertiary/aromatic N) is 5. The quantitative estimate of drug-likeness (QED) is 0.789. The predicted octanol–water partition coefficient (Wildman–Crippen LogP) is 1.55. The SMILES string of the molecule is O=C(C1COCCN1CC(F)(F)F)N1CCn2c(nnc2-c2ccccc2)C1. The van der Waals surface area contributed by atoms with E-state index in [4.69, 9.17) is 4.74 Å². The molecule has 150 valence electrons. The highest BCUT2D eigenvalue weighted by molar-refractivity contribution is 5.82. The smallest absolute Gasteiger partial charge is 0.378 e. The van der Waals surface area contributed by atoms with Gasteiger partial charge in [0.25, 0.3) is 0 Å². The number of alkyl halides is 3. The molecule has 28 heavy (non-hydrogen) atoms. The number of amides is 1. The molecule has 2 aromatic rings. The third kappa shape index (κ3) is 3.88. The van der Waals surface area contributed by atoms with Gasteiger partial charge in [0.2, 0.25) is 5.91 Å². The minimum absolute atomic E-state index is 0.0344. The van der Waals surface area contributed by atoms with Crippen LogP contribution in [0.4, 0.5) is 13.2 Å². The number of morpholine rings is 1. The molecule has 1 saturated heterocycles. The first-order chi connectivity index (χ1) is 13.4. The number of ether oxygens (including phenoxy) is 1. The molecule has 2 aliphatic heterocycles. The van der Waals surface area contributed by atoms with Crippen molar-refractivity contribution in [1.29, 1.82) is 0 Å². The van der Waals surface area contributed by atoms with E-state index < -0.39 is 18.8 Å². The zero-order valence-electron chi connectivity index (χ0n) is 15.1. The molecule has 0 bridgehead atoms. The first-order valence-electron chi connectivity index (χ1n) is 9.07.